The first kappa shape index (κ1) is 15.5. The summed E-state index contributed by atoms with van der Waals surface area (Å²) in [6, 6.07) is 10.4. The number of halogens is 2. The zero-order chi connectivity index (χ0) is 15.4. The van der Waals surface area contributed by atoms with Crippen molar-refractivity contribution in [1.29, 1.82) is 0 Å². The lowest BCUT2D eigenvalue weighted by molar-refractivity contribution is 0.0963. The summed E-state index contributed by atoms with van der Waals surface area (Å²) in [4.78, 5) is 11.6. The van der Waals surface area contributed by atoms with Gasteiger partial charge in [0, 0.05) is 24.8 Å². The van der Waals surface area contributed by atoms with Crippen molar-refractivity contribution in [3.05, 3.63) is 63.4 Å². The molecule has 0 spiro atoms. The molecule has 0 radical (unpaired) electrons. The summed E-state index contributed by atoms with van der Waals surface area (Å²) < 4.78 is 13.6. The van der Waals surface area contributed by atoms with E-state index in [-0.39, 0.29) is 11.7 Å². The van der Waals surface area contributed by atoms with E-state index in [9.17, 15) is 9.18 Å². The van der Waals surface area contributed by atoms with Gasteiger partial charge in [-0.1, -0.05) is 12.1 Å². The van der Waals surface area contributed by atoms with Crippen molar-refractivity contribution in [2.45, 2.75) is 13.5 Å². The van der Waals surface area contributed by atoms with Crippen LogP contribution in [0.4, 0.5) is 10.1 Å². The second-order valence-electron chi connectivity index (χ2n) is 4.71. The molecule has 1 amide bonds. The van der Waals surface area contributed by atoms with E-state index < -0.39 is 0 Å². The van der Waals surface area contributed by atoms with E-state index in [0.717, 1.165) is 16.8 Å². The Kier molecular flexibility index (Phi) is 4.96. The standard InChI is InChI=1S/C16H16BrFN2O/c1-10-3-5-12(16(21)19-2)8-15(10)20-9-11-4-6-14(18)13(17)7-11/h3-8,20H,9H2,1-2H3,(H,19,21). The zero-order valence-corrected chi connectivity index (χ0v) is 13.4. The van der Waals surface area contributed by atoms with E-state index in [2.05, 4.69) is 26.6 Å². The first-order valence-electron chi connectivity index (χ1n) is 6.52. The molecule has 0 unspecified atom stereocenters. The summed E-state index contributed by atoms with van der Waals surface area (Å²) in [7, 11) is 1.60. The van der Waals surface area contributed by atoms with E-state index in [0.29, 0.717) is 16.6 Å². The summed E-state index contributed by atoms with van der Waals surface area (Å²) in [5.41, 5.74) is 3.49. The molecule has 5 heteroatoms. The minimum Gasteiger partial charge on any atom is -0.381 e. The maximum atomic E-state index is 13.2. The van der Waals surface area contributed by atoms with Crippen LogP contribution in [0.2, 0.25) is 0 Å². The lowest BCUT2D eigenvalue weighted by Gasteiger charge is -2.12. The van der Waals surface area contributed by atoms with Crippen LogP contribution in [0.3, 0.4) is 0 Å². The van der Waals surface area contributed by atoms with Gasteiger partial charge in [-0.15, -0.1) is 0 Å². The van der Waals surface area contributed by atoms with Crippen molar-refractivity contribution in [1.82, 2.24) is 5.32 Å². The van der Waals surface area contributed by atoms with Crippen molar-refractivity contribution >= 4 is 27.5 Å². The van der Waals surface area contributed by atoms with Crippen LogP contribution in [-0.4, -0.2) is 13.0 Å². The van der Waals surface area contributed by atoms with E-state index in [4.69, 9.17) is 0 Å². The highest BCUT2D eigenvalue weighted by Gasteiger charge is 2.07. The number of nitrogens with one attached hydrogen (secondary N) is 2. The first-order valence-corrected chi connectivity index (χ1v) is 7.31. The maximum Gasteiger partial charge on any atom is 0.251 e. The molecule has 0 aliphatic rings. The SMILES string of the molecule is CNC(=O)c1ccc(C)c(NCc2ccc(F)c(Br)c2)c1. The molecule has 0 atom stereocenters. The Bertz CT molecular complexity index is 673. The quantitative estimate of drug-likeness (QED) is 0.878. The molecule has 0 aromatic heterocycles. The molecule has 2 N–H and O–H groups in total. The van der Waals surface area contributed by atoms with Crippen LogP contribution in [0.1, 0.15) is 21.5 Å². The Morgan fingerprint density at radius 2 is 2.00 bits per heavy atom. The van der Waals surface area contributed by atoms with Crippen molar-refractivity contribution < 1.29 is 9.18 Å². The molecule has 0 saturated carbocycles. The van der Waals surface area contributed by atoms with E-state index in [1.165, 1.54) is 6.07 Å². The number of aryl methyl sites for hydroxylation is 1. The normalized spacial score (nSPS) is 10.3. The second kappa shape index (κ2) is 6.72. The summed E-state index contributed by atoms with van der Waals surface area (Å²) >= 11 is 3.17. The molecule has 2 aromatic carbocycles. The number of rotatable bonds is 4. The molecule has 0 fully saturated rings. The largest absolute Gasteiger partial charge is 0.381 e. The predicted molar refractivity (Wildman–Crippen MR) is 86.0 cm³/mol. The van der Waals surface area contributed by atoms with Crippen LogP contribution in [0.5, 0.6) is 0 Å². The smallest absolute Gasteiger partial charge is 0.251 e. The van der Waals surface area contributed by atoms with Crippen LogP contribution >= 0.6 is 15.9 Å². The highest BCUT2D eigenvalue weighted by Crippen LogP contribution is 2.20. The third-order valence-corrected chi connectivity index (χ3v) is 3.80. The Morgan fingerprint density at radius 3 is 2.67 bits per heavy atom. The lowest BCUT2D eigenvalue weighted by Crippen LogP contribution is -2.18. The van der Waals surface area contributed by atoms with Gasteiger partial charge < -0.3 is 10.6 Å². The maximum absolute atomic E-state index is 13.2. The molecule has 2 aromatic rings. The van der Waals surface area contributed by atoms with Crippen LogP contribution in [-0.2, 0) is 6.54 Å². The molecular formula is C16H16BrFN2O. The summed E-state index contributed by atoms with van der Waals surface area (Å²) in [6.45, 7) is 2.52. The minimum absolute atomic E-state index is 0.123. The summed E-state index contributed by atoms with van der Waals surface area (Å²) in [5.74, 6) is -0.404. The third kappa shape index (κ3) is 3.82. The second-order valence-corrected chi connectivity index (χ2v) is 5.57. The average Bonchev–Trinajstić information content (AvgIpc) is 2.49. The Hall–Kier alpha value is -1.88. The predicted octanol–water partition coefficient (Wildman–Crippen LogP) is 3.87. The number of anilines is 1. The van der Waals surface area contributed by atoms with Gasteiger partial charge in [-0.3, -0.25) is 4.79 Å². The van der Waals surface area contributed by atoms with Crippen LogP contribution in [0.25, 0.3) is 0 Å². The van der Waals surface area contributed by atoms with Crippen LogP contribution < -0.4 is 10.6 Å². The average molecular weight is 351 g/mol. The van der Waals surface area contributed by atoms with Gasteiger partial charge >= 0.3 is 0 Å². The van der Waals surface area contributed by atoms with Crippen LogP contribution in [0.15, 0.2) is 40.9 Å². The molecule has 3 nitrogen and oxygen atoms in total. The van der Waals surface area contributed by atoms with Gasteiger partial charge in [0.05, 0.1) is 4.47 Å². The number of carbonyl (C=O) groups is 1. The Morgan fingerprint density at radius 1 is 1.24 bits per heavy atom. The topological polar surface area (TPSA) is 41.1 Å². The molecular weight excluding hydrogens is 335 g/mol. The van der Waals surface area contributed by atoms with E-state index >= 15 is 0 Å². The molecule has 110 valence electrons. The molecule has 21 heavy (non-hydrogen) atoms. The number of carbonyl (C=O) groups excluding carboxylic acids is 1. The number of benzene rings is 2. The van der Waals surface area contributed by atoms with Gasteiger partial charge in [-0.2, -0.15) is 0 Å². The molecule has 0 bridgehead atoms. The van der Waals surface area contributed by atoms with Crippen molar-refractivity contribution in [3.63, 3.8) is 0 Å². The molecule has 0 saturated heterocycles. The van der Waals surface area contributed by atoms with Crippen molar-refractivity contribution in [2.24, 2.45) is 0 Å². The number of hydrogen-bond acceptors (Lipinski definition) is 2. The monoisotopic (exact) mass is 350 g/mol. The van der Waals surface area contributed by atoms with Gasteiger partial charge in [0.25, 0.3) is 5.91 Å². The minimum atomic E-state index is -0.281. The van der Waals surface area contributed by atoms with Gasteiger partial charge in [0.1, 0.15) is 5.82 Å². The summed E-state index contributed by atoms with van der Waals surface area (Å²) in [5, 5.41) is 5.87. The summed E-state index contributed by atoms with van der Waals surface area (Å²) in [6.07, 6.45) is 0. The third-order valence-electron chi connectivity index (χ3n) is 3.19. The van der Waals surface area contributed by atoms with Gasteiger partial charge in [-0.05, 0) is 58.2 Å². The highest BCUT2D eigenvalue weighted by atomic mass is 79.9. The first-order chi connectivity index (χ1) is 10.0. The van der Waals surface area contributed by atoms with E-state index in [1.54, 1.807) is 25.2 Å². The van der Waals surface area contributed by atoms with Gasteiger partial charge in [-0.25, -0.2) is 4.39 Å². The van der Waals surface area contributed by atoms with Gasteiger partial charge in [0.2, 0.25) is 0 Å². The fraction of sp³-hybridized carbons (Fsp3) is 0.188. The lowest BCUT2D eigenvalue weighted by atomic mass is 10.1. The Labute approximate surface area is 131 Å². The number of hydrogen-bond donors (Lipinski definition) is 2. The fourth-order valence-electron chi connectivity index (χ4n) is 1.94. The Balaban J connectivity index is 2.15. The van der Waals surface area contributed by atoms with Gasteiger partial charge in [0.15, 0.2) is 0 Å². The molecule has 2 rings (SSSR count). The van der Waals surface area contributed by atoms with E-state index in [1.807, 2.05) is 19.1 Å². The molecule has 0 aliphatic carbocycles. The number of amides is 1. The fourth-order valence-corrected chi connectivity index (χ4v) is 2.37. The van der Waals surface area contributed by atoms with Crippen LogP contribution in [0, 0.1) is 12.7 Å². The molecule has 0 aliphatic heterocycles. The van der Waals surface area contributed by atoms with Crippen molar-refractivity contribution in [3.8, 4) is 0 Å². The van der Waals surface area contributed by atoms with Crippen molar-refractivity contribution in [2.75, 3.05) is 12.4 Å². The zero-order valence-electron chi connectivity index (χ0n) is 11.8. The molecule has 0 heterocycles. The highest BCUT2D eigenvalue weighted by molar-refractivity contribution is 9.10.